The molecule has 1 fully saturated rings. The molecule has 7 nitrogen and oxygen atoms in total. The number of nitrogens with zero attached hydrogens (tertiary/aromatic N) is 5. The summed E-state index contributed by atoms with van der Waals surface area (Å²) in [7, 11) is 4.28. The van der Waals surface area contributed by atoms with Gasteiger partial charge in [-0.2, -0.15) is 0 Å². The molecule has 0 aromatic carbocycles. The Hall–Kier alpha value is -1.47. The fourth-order valence-electron chi connectivity index (χ4n) is 2.56. The van der Waals surface area contributed by atoms with Gasteiger partial charge in [-0.3, -0.25) is 4.68 Å². The Kier molecular flexibility index (Phi) is 5.08. The molecule has 112 valence electrons. The van der Waals surface area contributed by atoms with Gasteiger partial charge in [0.1, 0.15) is 0 Å². The fourth-order valence-corrected chi connectivity index (χ4v) is 2.56. The Balaban J connectivity index is 1.71. The standard InChI is InChI=1S/C13H23N5O2/c1-16-5-3-11(4-6-16)9-17(2)7-8-18-10-12(13(19)20)14-15-18/h10-11H,3-9H2,1-2H3,(H,19,20). The molecule has 0 spiro atoms. The molecular formula is C13H23N5O2. The van der Waals surface area contributed by atoms with E-state index in [-0.39, 0.29) is 5.69 Å². The Morgan fingerprint density at radius 1 is 1.50 bits per heavy atom. The molecule has 0 atom stereocenters. The molecular weight excluding hydrogens is 258 g/mol. The van der Waals surface area contributed by atoms with Crippen LogP contribution in [0.3, 0.4) is 0 Å². The Morgan fingerprint density at radius 2 is 2.20 bits per heavy atom. The Labute approximate surface area is 119 Å². The van der Waals surface area contributed by atoms with Crippen molar-refractivity contribution in [3.05, 3.63) is 11.9 Å². The summed E-state index contributed by atoms with van der Waals surface area (Å²) in [6.45, 7) is 4.99. The highest BCUT2D eigenvalue weighted by atomic mass is 16.4. The zero-order valence-electron chi connectivity index (χ0n) is 12.2. The van der Waals surface area contributed by atoms with E-state index >= 15 is 0 Å². The monoisotopic (exact) mass is 281 g/mol. The molecule has 0 saturated carbocycles. The minimum absolute atomic E-state index is 0.00275. The van der Waals surface area contributed by atoms with E-state index in [4.69, 9.17) is 5.11 Å². The summed E-state index contributed by atoms with van der Waals surface area (Å²) in [6, 6.07) is 0. The number of carboxylic acid groups (broad SMARTS) is 1. The zero-order valence-corrected chi connectivity index (χ0v) is 12.2. The molecule has 0 radical (unpaired) electrons. The number of aromatic carboxylic acids is 1. The highest BCUT2D eigenvalue weighted by molar-refractivity contribution is 5.84. The second kappa shape index (κ2) is 6.81. The van der Waals surface area contributed by atoms with Crippen molar-refractivity contribution in [2.24, 2.45) is 5.92 Å². The van der Waals surface area contributed by atoms with Crippen molar-refractivity contribution >= 4 is 5.97 Å². The highest BCUT2D eigenvalue weighted by Gasteiger charge is 2.18. The predicted molar refractivity (Wildman–Crippen MR) is 74.7 cm³/mol. The maximum absolute atomic E-state index is 10.7. The first-order valence-electron chi connectivity index (χ1n) is 7.05. The number of carbonyl (C=O) groups is 1. The lowest BCUT2D eigenvalue weighted by Crippen LogP contribution is -2.36. The molecule has 2 rings (SSSR count). The van der Waals surface area contributed by atoms with Crippen molar-refractivity contribution in [2.75, 3.05) is 40.3 Å². The first kappa shape index (κ1) is 14.9. The van der Waals surface area contributed by atoms with E-state index in [1.165, 1.54) is 32.1 Å². The SMILES string of the molecule is CN1CCC(CN(C)CCn2cc(C(=O)O)nn2)CC1. The van der Waals surface area contributed by atoms with Crippen LogP contribution in [-0.2, 0) is 6.54 Å². The van der Waals surface area contributed by atoms with Crippen LogP contribution < -0.4 is 0 Å². The van der Waals surface area contributed by atoms with Crippen LogP contribution in [0.2, 0.25) is 0 Å². The lowest BCUT2D eigenvalue weighted by Gasteiger charge is -2.31. The van der Waals surface area contributed by atoms with Gasteiger partial charge in [-0.15, -0.1) is 5.10 Å². The third-order valence-corrected chi connectivity index (χ3v) is 3.88. The number of piperidine rings is 1. The summed E-state index contributed by atoms with van der Waals surface area (Å²) >= 11 is 0. The molecule has 2 heterocycles. The van der Waals surface area contributed by atoms with E-state index in [0.717, 1.165) is 19.0 Å². The number of hydrogen-bond acceptors (Lipinski definition) is 5. The first-order chi connectivity index (χ1) is 9.54. The van der Waals surface area contributed by atoms with Crippen molar-refractivity contribution in [3.63, 3.8) is 0 Å². The van der Waals surface area contributed by atoms with Gasteiger partial charge in [-0.1, -0.05) is 5.21 Å². The van der Waals surface area contributed by atoms with Gasteiger partial charge < -0.3 is 14.9 Å². The average Bonchev–Trinajstić information content (AvgIpc) is 2.88. The van der Waals surface area contributed by atoms with E-state index in [1.54, 1.807) is 4.68 Å². The van der Waals surface area contributed by atoms with E-state index in [9.17, 15) is 4.79 Å². The molecule has 1 saturated heterocycles. The quantitative estimate of drug-likeness (QED) is 0.805. The fraction of sp³-hybridized carbons (Fsp3) is 0.769. The number of hydrogen-bond donors (Lipinski definition) is 1. The summed E-state index contributed by atoms with van der Waals surface area (Å²) < 4.78 is 1.59. The largest absolute Gasteiger partial charge is 0.476 e. The smallest absolute Gasteiger partial charge is 0.358 e. The van der Waals surface area contributed by atoms with Gasteiger partial charge in [0.15, 0.2) is 5.69 Å². The Bertz CT molecular complexity index is 440. The maximum atomic E-state index is 10.7. The van der Waals surface area contributed by atoms with Crippen LogP contribution in [0, 0.1) is 5.92 Å². The van der Waals surface area contributed by atoms with Gasteiger partial charge in [-0.25, -0.2) is 4.79 Å². The van der Waals surface area contributed by atoms with Crippen LogP contribution in [0.4, 0.5) is 0 Å². The van der Waals surface area contributed by atoms with Gasteiger partial charge in [0.2, 0.25) is 0 Å². The number of carboxylic acids is 1. The van der Waals surface area contributed by atoms with Crippen molar-refractivity contribution in [1.29, 1.82) is 0 Å². The summed E-state index contributed by atoms with van der Waals surface area (Å²) in [5, 5.41) is 16.2. The normalized spacial score (nSPS) is 17.8. The summed E-state index contributed by atoms with van der Waals surface area (Å²) in [4.78, 5) is 15.4. The third-order valence-electron chi connectivity index (χ3n) is 3.88. The lowest BCUT2D eigenvalue weighted by atomic mass is 9.97. The van der Waals surface area contributed by atoms with Crippen LogP contribution in [0.15, 0.2) is 6.20 Å². The van der Waals surface area contributed by atoms with Gasteiger partial charge in [0.05, 0.1) is 12.7 Å². The van der Waals surface area contributed by atoms with Gasteiger partial charge in [0, 0.05) is 13.1 Å². The van der Waals surface area contributed by atoms with Crippen LogP contribution in [0.25, 0.3) is 0 Å². The molecule has 0 bridgehead atoms. The molecule has 1 aromatic rings. The summed E-state index contributed by atoms with van der Waals surface area (Å²) in [5.41, 5.74) is 0.00275. The number of rotatable bonds is 6. The molecule has 0 unspecified atom stereocenters. The molecule has 0 aliphatic carbocycles. The zero-order chi connectivity index (χ0) is 14.5. The Morgan fingerprint density at radius 3 is 2.80 bits per heavy atom. The molecule has 7 heteroatoms. The highest BCUT2D eigenvalue weighted by Crippen LogP contribution is 2.16. The van der Waals surface area contributed by atoms with E-state index in [1.807, 2.05) is 0 Å². The molecule has 1 aromatic heterocycles. The number of aromatic nitrogens is 3. The number of likely N-dealkylation sites (N-methyl/N-ethyl adjacent to an activating group) is 1. The van der Waals surface area contributed by atoms with Crippen LogP contribution in [0.1, 0.15) is 23.3 Å². The molecule has 0 amide bonds. The van der Waals surface area contributed by atoms with Gasteiger partial charge in [0.25, 0.3) is 0 Å². The second-order valence-electron chi connectivity index (χ2n) is 5.68. The molecule has 20 heavy (non-hydrogen) atoms. The third kappa shape index (κ3) is 4.28. The minimum atomic E-state index is -1.03. The molecule has 1 N–H and O–H groups in total. The second-order valence-corrected chi connectivity index (χ2v) is 5.68. The number of likely N-dealkylation sites (tertiary alicyclic amines) is 1. The van der Waals surface area contributed by atoms with Crippen molar-refractivity contribution in [3.8, 4) is 0 Å². The van der Waals surface area contributed by atoms with Crippen LogP contribution in [-0.4, -0.2) is 76.1 Å². The maximum Gasteiger partial charge on any atom is 0.358 e. The average molecular weight is 281 g/mol. The van der Waals surface area contributed by atoms with E-state index < -0.39 is 5.97 Å². The lowest BCUT2D eigenvalue weighted by molar-refractivity contribution is 0.0690. The molecule has 1 aliphatic rings. The van der Waals surface area contributed by atoms with Gasteiger partial charge in [-0.05, 0) is 45.9 Å². The topological polar surface area (TPSA) is 74.5 Å². The van der Waals surface area contributed by atoms with Gasteiger partial charge >= 0.3 is 5.97 Å². The summed E-state index contributed by atoms with van der Waals surface area (Å²) in [5.74, 6) is -0.266. The van der Waals surface area contributed by atoms with Crippen molar-refractivity contribution in [1.82, 2.24) is 24.8 Å². The van der Waals surface area contributed by atoms with Crippen LogP contribution >= 0.6 is 0 Å². The van der Waals surface area contributed by atoms with Crippen molar-refractivity contribution in [2.45, 2.75) is 19.4 Å². The van der Waals surface area contributed by atoms with Crippen molar-refractivity contribution < 1.29 is 9.90 Å². The van der Waals surface area contributed by atoms with E-state index in [2.05, 4.69) is 34.2 Å². The van der Waals surface area contributed by atoms with Crippen LogP contribution in [0.5, 0.6) is 0 Å². The predicted octanol–water partition coefficient (Wildman–Crippen LogP) is 0.250. The summed E-state index contributed by atoms with van der Waals surface area (Å²) in [6.07, 6.45) is 3.99. The minimum Gasteiger partial charge on any atom is -0.476 e. The first-order valence-corrected chi connectivity index (χ1v) is 7.05. The molecule has 1 aliphatic heterocycles. The van der Waals surface area contributed by atoms with E-state index in [0.29, 0.717) is 6.54 Å².